The highest BCUT2D eigenvalue weighted by Gasteiger charge is 2.10. The largest absolute Gasteiger partial charge is 0.335 e. The van der Waals surface area contributed by atoms with Gasteiger partial charge < -0.3 is 5.32 Å². The molecule has 0 aliphatic carbocycles. The van der Waals surface area contributed by atoms with Crippen LogP contribution in [0, 0.1) is 0 Å². The zero-order chi connectivity index (χ0) is 5.98. The Morgan fingerprint density at radius 2 is 2.62 bits per heavy atom. The zero-order valence-electron chi connectivity index (χ0n) is 3.93. The van der Waals surface area contributed by atoms with E-state index in [1.165, 1.54) is 11.8 Å². The van der Waals surface area contributed by atoms with Crippen molar-refractivity contribution in [3.8, 4) is 0 Å². The summed E-state index contributed by atoms with van der Waals surface area (Å²) in [5, 5.41) is 2.69. The summed E-state index contributed by atoms with van der Waals surface area (Å²) in [6.45, 7) is 0. The Labute approximate surface area is 56.3 Å². The van der Waals surface area contributed by atoms with Crippen LogP contribution in [0.4, 0.5) is 0 Å². The van der Waals surface area contributed by atoms with Gasteiger partial charge in [-0.25, -0.2) is 4.79 Å². The molecule has 1 rings (SSSR count). The summed E-state index contributed by atoms with van der Waals surface area (Å²) in [7, 11) is 0. The van der Waals surface area contributed by atoms with Gasteiger partial charge in [0.2, 0.25) is 0 Å². The van der Waals surface area contributed by atoms with Gasteiger partial charge >= 0.3 is 0 Å². The molecule has 0 aromatic carbocycles. The van der Waals surface area contributed by atoms with Crippen LogP contribution in [-0.4, -0.2) is 16.0 Å². The molecule has 1 aliphatic rings. The van der Waals surface area contributed by atoms with E-state index in [0.717, 1.165) is 0 Å². The van der Waals surface area contributed by atoms with E-state index in [-0.39, 0.29) is 0 Å². The van der Waals surface area contributed by atoms with Crippen LogP contribution in [0.25, 0.3) is 0 Å². The van der Waals surface area contributed by atoms with E-state index < -0.39 is 0 Å². The SMILES string of the molecule is O=C=C1CSC(=S)N1. The molecule has 1 aliphatic heterocycles. The van der Waals surface area contributed by atoms with E-state index in [1.807, 2.05) is 0 Å². The molecule has 1 N–H and O–H groups in total. The number of thioether (sulfide) groups is 1. The maximum absolute atomic E-state index is 9.86. The summed E-state index contributed by atoms with van der Waals surface area (Å²) >= 11 is 6.17. The lowest BCUT2D eigenvalue weighted by atomic mass is 10.6. The molecule has 4 heteroatoms. The first kappa shape index (κ1) is 5.82. The fourth-order valence-electron chi connectivity index (χ4n) is 0.388. The predicted octanol–water partition coefficient (Wildman–Crippen LogP) is 0.323. The molecule has 0 spiro atoms. The second-order valence-electron chi connectivity index (χ2n) is 1.28. The normalized spacial score (nSPS) is 18.0. The van der Waals surface area contributed by atoms with E-state index in [4.69, 9.17) is 12.2 Å². The van der Waals surface area contributed by atoms with Crippen molar-refractivity contribution in [2.75, 3.05) is 5.75 Å². The van der Waals surface area contributed by atoms with E-state index in [9.17, 15) is 4.79 Å². The maximum atomic E-state index is 9.86. The van der Waals surface area contributed by atoms with Crippen LogP contribution < -0.4 is 5.32 Å². The van der Waals surface area contributed by atoms with Gasteiger partial charge in [-0.05, 0) is 0 Å². The number of nitrogens with one attached hydrogen (secondary N) is 1. The van der Waals surface area contributed by atoms with Crippen LogP contribution in [0.15, 0.2) is 5.70 Å². The first-order valence-corrected chi connectivity index (χ1v) is 3.40. The fourth-order valence-corrected chi connectivity index (χ4v) is 1.29. The molecule has 42 valence electrons. The Morgan fingerprint density at radius 3 is 2.88 bits per heavy atom. The molecule has 0 amide bonds. The molecule has 1 heterocycles. The Bertz CT molecular complexity index is 171. The van der Waals surface area contributed by atoms with Gasteiger partial charge in [-0.2, -0.15) is 0 Å². The summed E-state index contributed by atoms with van der Waals surface area (Å²) in [6, 6.07) is 0. The van der Waals surface area contributed by atoms with Gasteiger partial charge in [-0.3, -0.25) is 0 Å². The Hall–Kier alpha value is -0.310. The molecule has 0 bridgehead atoms. The number of rotatable bonds is 0. The highest BCUT2D eigenvalue weighted by Crippen LogP contribution is 2.13. The second kappa shape index (κ2) is 2.31. The minimum absolute atomic E-state index is 0.556. The highest BCUT2D eigenvalue weighted by atomic mass is 32.2. The maximum Gasteiger partial charge on any atom is 0.146 e. The smallest absolute Gasteiger partial charge is 0.146 e. The van der Waals surface area contributed by atoms with Crippen LogP contribution >= 0.6 is 24.0 Å². The van der Waals surface area contributed by atoms with Crippen LogP contribution in [0.5, 0.6) is 0 Å². The molecule has 0 radical (unpaired) electrons. The van der Waals surface area contributed by atoms with E-state index in [0.29, 0.717) is 15.8 Å². The summed E-state index contributed by atoms with van der Waals surface area (Å²) in [5.74, 6) is 2.40. The summed E-state index contributed by atoms with van der Waals surface area (Å²) in [6.07, 6.45) is 0. The first-order chi connectivity index (χ1) is 3.83. The van der Waals surface area contributed by atoms with Crippen molar-refractivity contribution >= 4 is 34.2 Å². The average molecular weight is 145 g/mol. The quantitative estimate of drug-likeness (QED) is 0.393. The van der Waals surface area contributed by atoms with Crippen LogP contribution in [0.2, 0.25) is 0 Å². The molecular weight excluding hydrogens is 142 g/mol. The van der Waals surface area contributed by atoms with Gasteiger partial charge in [0.05, 0.1) is 5.75 Å². The minimum Gasteiger partial charge on any atom is -0.335 e. The molecule has 0 atom stereocenters. The van der Waals surface area contributed by atoms with Gasteiger partial charge in [0.25, 0.3) is 0 Å². The van der Waals surface area contributed by atoms with Crippen molar-refractivity contribution in [3.05, 3.63) is 5.70 Å². The molecule has 1 fully saturated rings. The van der Waals surface area contributed by atoms with Gasteiger partial charge in [0.15, 0.2) is 0 Å². The van der Waals surface area contributed by atoms with Crippen molar-refractivity contribution < 1.29 is 4.79 Å². The second-order valence-corrected chi connectivity index (χ2v) is 2.93. The average Bonchev–Trinajstić information content (AvgIpc) is 2.14. The number of hydrogen-bond acceptors (Lipinski definition) is 3. The molecule has 1 saturated heterocycles. The lowest BCUT2D eigenvalue weighted by Gasteiger charge is -1.84. The summed E-state index contributed by atoms with van der Waals surface area (Å²) in [4.78, 5) is 9.86. The van der Waals surface area contributed by atoms with Crippen molar-refractivity contribution in [1.82, 2.24) is 5.32 Å². The minimum atomic E-state index is 0.556. The van der Waals surface area contributed by atoms with Crippen LogP contribution in [0.3, 0.4) is 0 Å². The molecule has 0 aromatic rings. The molecule has 8 heavy (non-hydrogen) atoms. The third-order valence-corrected chi connectivity index (χ3v) is 1.98. The van der Waals surface area contributed by atoms with Gasteiger partial charge in [0, 0.05) is 0 Å². The standard InChI is InChI=1S/C4H3NOS2/c6-1-3-2-8-4(7)5-3/h2H2,(H,5,7). The molecular formula is C4H3NOS2. The molecule has 2 nitrogen and oxygen atoms in total. The summed E-state index contributed by atoms with van der Waals surface area (Å²) < 4.78 is 0.670. The van der Waals surface area contributed by atoms with Gasteiger partial charge in [-0.1, -0.05) is 24.0 Å². The lowest BCUT2D eigenvalue weighted by molar-refractivity contribution is 0.566. The van der Waals surface area contributed by atoms with Crippen LogP contribution in [0.1, 0.15) is 0 Å². The predicted molar refractivity (Wildman–Crippen MR) is 37.4 cm³/mol. The third kappa shape index (κ3) is 1.10. The Balaban J connectivity index is 2.70. The van der Waals surface area contributed by atoms with Gasteiger partial charge in [-0.15, -0.1) is 0 Å². The topological polar surface area (TPSA) is 29.1 Å². The van der Waals surface area contributed by atoms with Gasteiger partial charge in [0.1, 0.15) is 16.0 Å². The molecule has 0 aromatic heterocycles. The van der Waals surface area contributed by atoms with Crippen LogP contribution in [-0.2, 0) is 4.79 Å². The third-order valence-electron chi connectivity index (χ3n) is 0.724. The number of hydrogen-bond donors (Lipinski definition) is 1. The Kier molecular flexibility index (Phi) is 1.68. The van der Waals surface area contributed by atoms with E-state index in [2.05, 4.69) is 5.32 Å². The van der Waals surface area contributed by atoms with Crippen molar-refractivity contribution in [3.63, 3.8) is 0 Å². The molecule has 0 unspecified atom stereocenters. The van der Waals surface area contributed by atoms with E-state index in [1.54, 1.807) is 5.94 Å². The van der Waals surface area contributed by atoms with Crippen molar-refractivity contribution in [2.24, 2.45) is 0 Å². The Morgan fingerprint density at radius 1 is 1.88 bits per heavy atom. The van der Waals surface area contributed by atoms with Crippen molar-refractivity contribution in [2.45, 2.75) is 0 Å². The number of carbonyl (C=O) groups excluding carboxylic acids is 1. The summed E-state index contributed by atoms with van der Waals surface area (Å²) in [5.41, 5.74) is 0.556. The monoisotopic (exact) mass is 145 g/mol. The zero-order valence-corrected chi connectivity index (χ0v) is 5.56. The first-order valence-electron chi connectivity index (χ1n) is 2.00. The van der Waals surface area contributed by atoms with E-state index >= 15 is 0 Å². The fraction of sp³-hybridized carbons (Fsp3) is 0.250. The molecule has 0 saturated carbocycles. The number of thiocarbonyl (C=S) groups is 1. The lowest BCUT2D eigenvalue weighted by Crippen LogP contribution is -2.08. The highest BCUT2D eigenvalue weighted by molar-refractivity contribution is 8.23. The van der Waals surface area contributed by atoms with Crippen molar-refractivity contribution in [1.29, 1.82) is 0 Å².